The fourth-order valence-electron chi connectivity index (χ4n) is 2.34. The Balaban J connectivity index is 2.63. The standard InChI is InChI=1S/C13H16O4/c1-13(2)6-11(15)17-10-5-4-9(14)8(7-16-3)12(10)13/h4-5,14H,6-7H2,1-3H3. The number of hydrogen-bond donors (Lipinski definition) is 1. The molecule has 0 unspecified atom stereocenters. The molecule has 0 saturated carbocycles. The van der Waals surface area contributed by atoms with E-state index in [9.17, 15) is 9.90 Å². The van der Waals surface area contributed by atoms with Crippen LogP contribution in [0.15, 0.2) is 12.1 Å². The molecule has 1 aliphatic rings. The van der Waals surface area contributed by atoms with Crippen molar-refractivity contribution in [3.63, 3.8) is 0 Å². The minimum atomic E-state index is -0.350. The van der Waals surface area contributed by atoms with Crippen molar-refractivity contribution < 1.29 is 19.4 Å². The van der Waals surface area contributed by atoms with Gasteiger partial charge in [0, 0.05) is 23.7 Å². The van der Waals surface area contributed by atoms with Gasteiger partial charge < -0.3 is 14.6 Å². The van der Waals surface area contributed by atoms with E-state index in [0.29, 0.717) is 24.3 Å². The number of rotatable bonds is 2. The molecule has 0 radical (unpaired) electrons. The van der Waals surface area contributed by atoms with E-state index in [2.05, 4.69) is 0 Å². The van der Waals surface area contributed by atoms with Gasteiger partial charge in [-0.15, -0.1) is 0 Å². The maximum atomic E-state index is 11.5. The molecule has 2 rings (SSSR count). The zero-order valence-corrected chi connectivity index (χ0v) is 10.2. The Morgan fingerprint density at radius 1 is 1.47 bits per heavy atom. The predicted octanol–water partition coefficient (Wildman–Crippen LogP) is 2.13. The average molecular weight is 236 g/mol. The van der Waals surface area contributed by atoms with Crippen molar-refractivity contribution in [3.8, 4) is 11.5 Å². The normalized spacial score (nSPS) is 17.5. The lowest BCUT2D eigenvalue weighted by Gasteiger charge is -2.33. The maximum absolute atomic E-state index is 11.5. The molecule has 0 atom stereocenters. The Labute approximate surface area is 100 Å². The number of phenolic OH excluding ortho intramolecular Hbond substituents is 1. The summed E-state index contributed by atoms with van der Waals surface area (Å²) < 4.78 is 10.3. The number of aromatic hydroxyl groups is 1. The molecule has 0 amide bonds. The van der Waals surface area contributed by atoms with Gasteiger partial charge in [-0.2, -0.15) is 0 Å². The zero-order chi connectivity index (χ0) is 12.6. The maximum Gasteiger partial charge on any atom is 0.312 e. The van der Waals surface area contributed by atoms with Gasteiger partial charge >= 0.3 is 5.97 Å². The molecule has 4 nitrogen and oxygen atoms in total. The number of esters is 1. The minimum Gasteiger partial charge on any atom is -0.508 e. The van der Waals surface area contributed by atoms with E-state index in [1.54, 1.807) is 13.2 Å². The van der Waals surface area contributed by atoms with Crippen LogP contribution in [0.4, 0.5) is 0 Å². The summed E-state index contributed by atoms with van der Waals surface area (Å²) in [7, 11) is 1.57. The second-order valence-corrected chi connectivity index (χ2v) is 4.90. The molecule has 4 heteroatoms. The van der Waals surface area contributed by atoms with Crippen LogP contribution in [0.2, 0.25) is 0 Å². The summed E-state index contributed by atoms with van der Waals surface area (Å²) in [5, 5.41) is 9.88. The first-order valence-electron chi connectivity index (χ1n) is 5.50. The van der Waals surface area contributed by atoms with E-state index in [4.69, 9.17) is 9.47 Å². The molecule has 1 aromatic rings. The molecule has 0 bridgehead atoms. The van der Waals surface area contributed by atoms with Crippen molar-refractivity contribution in [2.75, 3.05) is 7.11 Å². The lowest BCUT2D eigenvalue weighted by molar-refractivity contribution is -0.137. The third-order valence-corrected chi connectivity index (χ3v) is 3.03. The molecular weight excluding hydrogens is 220 g/mol. The van der Waals surface area contributed by atoms with Crippen molar-refractivity contribution in [3.05, 3.63) is 23.3 Å². The third-order valence-electron chi connectivity index (χ3n) is 3.03. The van der Waals surface area contributed by atoms with Gasteiger partial charge in [-0.1, -0.05) is 13.8 Å². The van der Waals surface area contributed by atoms with Crippen LogP contribution < -0.4 is 4.74 Å². The molecule has 1 N–H and O–H groups in total. The van der Waals surface area contributed by atoms with Crippen LogP contribution in [0.3, 0.4) is 0 Å². The molecule has 1 aliphatic heterocycles. The average Bonchev–Trinajstić information content (AvgIpc) is 2.21. The van der Waals surface area contributed by atoms with Crippen molar-refractivity contribution in [2.45, 2.75) is 32.3 Å². The third kappa shape index (κ3) is 2.00. The number of ether oxygens (including phenoxy) is 2. The number of methoxy groups -OCH3 is 1. The molecule has 0 aromatic heterocycles. The lowest BCUT2D eigenvalue weighted by Crippen LogP contribution is -2.32. The highest BCUT2D eigenvalue weighted by molar-refractivity contribution is 5.78. The Morgan fingerprint density at radius 2 is 2.18 bits per heavy atom. The molecule has 0 spiro atoms. The highest BCUT2D eigenvalue weighted by Gasteiger charge is 2.36. The molecule has 17 heavy (non-hydrogen) atoms. The van der Waals surface area contributed by atoms with E-state index in [1.807, 2.05) is 13.8 Å². The number of hydrogen-bond acceptors (Lipinski definition) is 4. The number of phenols is 1. The Morgan fingerprint density at radius 3 is 2.82 bits per heavy atom. The van der Waals surface area contributed by atoms with E-state index in [1.165, 1.54) is 6.07 Å². The first-order valence-corrected chi connectivity index (χ1v) is 5.50. The molecule has 0 aliphatic carbocycles. The van der Waals surface area contributed by atoms with Gasteiger partial charge in [0.25, 0.3) is 0 Å². The number of benzene rings is 1. The van der Waals surface area contributed by atoms with Crippen LogP contribution in [-0.4, -0.2) is 18.2 Å². The summed E-state index contributed by atoms with van der Waals surface area (Å²) >= 11 is 0. The van der Waals surface area contributed by atoms with Crippen LogP contribution in [-0.2, 0) is 21.6 Å². The summed E-state index contributed by atoms with van der Waals surface area (Å²) in [6.45, 7) is 4.23. The number of carbonyl (C=O) groups excluding carboxylic acids is 1. The molecule has 0 fully saturated rings. The van der Waals surface area contributed by atoms with Crippen molar-refractivity contribution in [1.82, 2.24) is 0 Å². The monoisotopic (exact) mass is 236 g/mol. The van der Waals surface area contributed by atoms with Crippen LogP contribution in [0.5, 0.6) is 11.5 Å². The number of carbonyl (C=O) groups is 1. The molecule has 0 saturated heterocycles. The lowest BCUT2D eigenvalue weighted by atomic mass is 9.77. The second-order valence-electron chi connectivity index (χ2n) is 4.90. The SMILES string of the molecule is COCc1c(O)ccc2c1C(C)(C)CC(=O)O2. The van der Waals surface area contributed by atoms with E-state index in [-0.39, 0.29) is 17.1 Å². The molecule has 1 aromatic carbocycles. The van der Waals surface area contributed by atoms with Crippen molar-refractivity contribution in [2.24, 2.45) is 0 Å². The van der Waals surface area contributed by atoms with Gasteiger partial charge in [0.1, 0.15) is 11.5 Å². The fraction of sp³-hybridized carbons (Fsp3) is 0.462. The zero-order valence-electron chi connectivity index (χ0n) is 10.2. The van der Waals surface area contributed by atoms with Crippen LogP contribution in [0, 0.1) is 0 Å². The Bertz CT molecular complexity index is 463. The summed E-state index contributed by atoms with van der Waals surface area (Å²) in [4.78, 5) is 11.5. The first kappa shape index (κ1) is 11.9. The molecular formula is C13H16O4. The van der Waals surface area contributed by atoms with Crippen LogP contribution >= 0.6 is 0 Å². The highest BCUT2D eigenvalue weighted by Crippen LogP contribution is 2.44. The van der Waals surface area contributed by atoms with Gasteiger partial charge in [-0.05, 0) is 12.1 Å². The molecule has 1 heterocycles. The van der Waals surface area contributed by atoms with Gasteiger partial charge in [-0.3, -0.25) is 4.79 Å². The quantitative estimate of drug-likeness (QED) is 0.631. The van der Waals surface area contributed by atoms with Gasteiger partial charge in [-0.25, -0.2) is 0 Å². The van der Waals surface area contributed by atoms with Crippen LogP contribution in [0.1, 0.15) is 31.4 Å². The van der Waals surface area contributed by atoms with Crippen molar-refractivity contribution >= 4 is 5.97 Å². The summed E-state index contributed by atoms with van der Waals surface area (Å²) in [5.41, 5.74) is 1.21. The first-order chi connectivity index (χ1) is 7.95. The minimum absolute atomic E-state index is 0.177. The molecule has 92 valence electrons. The smallest absolute Gasteiger partial charge is 0.312 e. The van der Waals surface area contributed by atoms with Gasteiger partial charge in [0.05, 0.1) is 13.0 Å². The van der Waals surface area contributed by atoms with Gasteiger partial charge in [0.2, 0.25) is 0 Å². The summed E-state index contributed by atoms with van der Waals surface area (Å²) in [6, 6.07) is 3.16. The highest BCUT2D eigenvalue weighted by atomic mass is 16.5. The largest absolute Gasteiger partial charge is 0.508 e. The van der Waals surface area contributed by atoms with Crippen LogP contribution in [0.25, 0.3) is 0 Å². The van der Waals surface area contributed by atoms with E-state index < -0.39 is 0 Å². The predicted molar refractivity (Wildman–Crippen MR) is 62.1 cm³/mol. The topological polar surface area (TPSA) is 55.8 Å². The Kier molecular flexibility index (Phi) is 2.83. The summed E-state index contributed by atoms with van der Waals surface area (Å²) in [6.07, 6.45) is 0.306. The second kappa shape index (κ2) is 4.04. The fourth-order valence-corrected chi connectivity index (χ4v) is 2.34. The van der Waals surface area contributed by atoms with Gasteiger partial charge in [0.15, 0.2) is 0 Å². The Hall–Kier alpha value is -1.55. The van der Waals surface area contributed by atoms with E-state index >= 15 is 0 Å². The number of fused-ring (bicyclic) bond motifs is 1. The van der Waals surface area contributed by atoms with Crippen molar-refractivity contribution in [1.29, 1.82) is 0 Å². The summed E-state index contributed by atoms with van der Waals surface area (Å²) in [5.74, 6) is 0.462. The van der Waals surface area contributed by atoms with E-state index in [0.717, 1.165) is 5.56 Å².